The molecule has 8 rings (SSSR count). The number of hydrogen-bond acceptors (Lipinski definition) is 2. The van der Waals surface area contributed by atoms with Crippen LogP contribution in [-0.4, -0.2) is 0 Å². The Balaban J connectivity index is 1.25. The topological polar surface area (TPSA) is 6.48 Å². The van der Waals surface area contributed by atoms with Crippen molar-refractivity contribution in [2.24, 2.45) is 0 Å². The molecule has 0 amide bonds. The van der Waals surface area contributed by atoms with Crippen molar-refractivity contribution in [1.82, 2.24) is 0 Å². The van der Waals surface area contributed by atoms with Crippen LogP contribution in [0, 0.1) is 55.4 Å². The first-order chi connectivity index (χ1) is 27.9. The van der Waals surface area contributed by atoms with Crippen molar-refractivity contribution in [2.75, 3.05) is 9.80 Å². The Labute approximate surface area is 354 Å². The number of rotatable bonds is 7. The molecule has 2 aliphatic carbocycles. The van der Waals surface area contributed by atoms with E-state index in [0.29, 0.717) is 0 Å². The molecule has 0 radical (unpaired) electrons. The highest BCUT2D eigenvalue weighted by atomic mass is 15.2. The molecule has 0 unspecified atom stereocenters. The maximum absolute atomic E-state index is 4.85. The SMILES string of the molecule is C=C1/C(=C\C(=C/C)N(c2ccc(C)c(C)c2)c2ccc(C)c(C)c2)C(C)(C)c2c1ccc1c2C(C)(C)c2cc(N(c3ccc(C)c(C)c3)c3ccc(C)c(C)c3)ccc2-1. The van der Waals surface area contributed by atoms with Gasteiger partial charge < -0.3 is 9.80 Å². The van der Waals surface area contributed by atoms with E-state index in [2.05, 4.69) is 215 Å². The molecule has 0 heterocycles. The van der Waals surface area contributed by atoms with E-state index in [1.165, 1.54) is 101 Å². The van der Waals surface area contributed by atoms with Crippen LogP contribution in [0.2, 0.25) is 0 Å². The highest BCUT2D eigenvalue weighted by Gasteiger charge is 2.47. The Morgan fingerprint density at radius 3 is 1.32 bits per heavy atom. The van der Waals surface area contributed by atoms with Gasteiger partial charge in [-0.1, -0.05) is 82.8 Å². The number of anilines is 5. The predicted octanol–water partition coefficient (Wildman–Crippen LogP) is 15.9. The fourth-order valence-electron chi connectivity index (χ4n) is 9.64. The second-order valence-electron chi connectivity index (χ2n) is 18.4. The maximum Gasteiger partial charge on any atom is 0.0465 e. The summed E-state index contributed by atoms with van der Waals surface area (Å²) < 4.78 is 0. The van der Waals surface area contributed by atoms with E-state index in [9.17, 15) is 0 Å². The van der Waals surface area contributed by atoms with Crippen molar-refractivity contribution in [1.29, 1.82) is 0 Å². The summed E-state index contributed by atoms with van der Waals surface area (Å²) in [6, 6.07) is 39.2. The first-order valence-electron chi connectivity index (χ1n) is 21.2. The van der Waals surface area contributed by atoms with Crippen LogP contribution in [0.3, 0.4) is 0 Å². The van der Waals surface area contributed by atoms with Crippen LogP contribution < -0.4 is 9.80 Å². The second kappa shape index (κ2) is 14.5. The Kier molecular flexibility index (Phi) is 9.78. The molecule has 59 heavy (non-hydrogen) atoms. The van der Waals surface area contributed by atoms with Gasteiger partial charge in [-0.2, -0.15) is 0 Å². The third-order valence-corrected chi connectivity index (χ3v) is 13.8. The molecule has 0 aliphatic heterocycles. The summed E-state index contributed by atoms with van der Waals surface area (Å²) in [6.07, 6.45) is 4.67. The molecule has 0 spiro atoms. The molecule has 0 atom stereocenters. The Morgan fingerprint density at radius 1 is 0.458 bits per heavy atom. The Bertz CT molecular complexity index is 2680. The normalized spacial score (nSPS) is 15.6. The lowest BCUT2D eigenvalue weighted by molar-refractivity contribution is 0.600. The number of fused-ring (bicyclic) bond motifs is 5. The van der Waals surface area contributed by atoms with Crippen LogP contribution in [-0.2, 0) is 10.8 Å². The zero-order chi connectivity index (χ0) is 42.3. The second-order valence-corrected chi connectivity index (χ2v) is 18.4. The predicted molar refractivity (Wildman–Crippen MR) is 256 cm³/mol. The molecule has 6 aromatic rings. The van der Waals surface area contributed by atoms with E-state index in [4.69, 9.17) is 6.58 Å². The number of benzene rings is 6. The van der Waals surface area contributed by atoms with Gasteiger partial charge in [-0.15, -0.1) is 0 Å². The molecule has 0 N–H and O–H groups in total. The van der Waals surface area contributed by atoms with E-state index in [1.807, 2.05) is 0 Å². The molecule has 2 heteroatoms. The zero-order valence-corrected chi connectivity index (χ0v) is 37.6. The lowest BCUT2D eigenvalue weighted by Crippen LogP contribution is -2.25. The lowest BCUT2D eigenvalue weighted by atomic mass is 9.72. The smallest absolute Gasteiger partial charge is 0.0465 e. The van der Waals surface area contributed by atoms with Crippen molar-refractivity contribution in [3.8, 4) is 11.1 Å². The molecule has 0 bridgehead atoms. The van der Waals surface area contributed by atoms with E-state index in [1.54, 1.807) is 0 Å². The van der Waals surface area contributed by atoms with Crippen LogP contribution in [0.25, 0.3) is 16.7 Å². The van der Waals surface area contributed by atoms with Gasteiger partial charge in [0.15, 0.2) is 0 Å². The molecular formula is C57H60N2. The molecular weight excluding hydrogens is 713 g/mol. The van der Waals surface area contributed by atoms with E-state index < -0.39 is 0 Å². The maximum atomic E-state index is 4.85. The summed E-state index contributed by atoms with van der Waals surface area (Å²) in [5, 5.41) is 0. The molecule has 0 saturated carbocycles. The fourth-order valence-corrected chi connectivity index (χ4v) is 9.64. The average molecular weight is 773 g/mol. The summed E-state index contributed by atoms with van der Waals surface area (Å²) in [5.41, 5.74) is 27.2. The van der Waals surface area contributed by atoms with E-state index in [-0.39, 0.29) is 10.8 Å². The summed E-state index contributed by atoms with van der Waals surface area (Å²) in [4.78, 5) is 4.85. The van der Waals surface area contributed by atoms with Crippen LogP contribution in [0.15, 0.2) is 133 Å². The van der Waals surface area contributed by atoms with Gasteiger partial charge in [0.05, 0.1) is 0 Å². The molecule has 0 saturated heterocycles. The summed E-state index contributed by atoms with van der Waals surface area (Å²) in [6.45, 7) is 34.3. The summed E-state index contributed by atoms with van der Waals surface area (Å²) in [5.74, 6) is 0. The monoisotopic (exact) mass is 772 g/mol. The van der Waals surface area contributed by atoms with Gasteiger partial charge in [0.25, 0.3) is 0 Å². The lowest BCUT2D eigenvalue weighted by Gasteiger charge is -2.32. The van der Waals surface area contributed by atoms with Gasteiger partial charge in [-0.05, 0) is 218 Å². The first-order valence-corrected chi connectivity index (χ1v) is 21.2. The number of hydrogen-bond donors (Lipinski definition) is 0. The van der Waals surface area contributed by atoms with Gasteiger partial charge >= 0.3 is 0 Å². The third-order valence-electron chi connectivity index (χ3n) is 13.8. The van der Waals surface area contributed by atoms with Crippen LogP contribution >= 0.6 is 0 Å². The van der Waals surface area contributed by atoms with Gasteiger partial charge in [0, 0.05) is 45.0 Å². The Hall–Kier alpha value is -5.86. The van der Waals surface area contributed by atoms with Crippen LogP contribution in [0.4, 0.5) is 28.4 Å². The minimum absolute atomic E-state index is 0.245. The average Bonchev–Trinajstić information content (AvgIpc) is 3.54. The highest BCUT2D eigenvalue weighted by molar-refractivity contribution is 5.96. The minimum atomic E-state index is -0.295. The van der Waals surface area contributed by atoms with E-state index >= 15 is 0 Å². The van der Waals surface area contributed by atoms with Crippen molar-refractivity contribution >= 4 is 34.0 Å². The number of allylic oxidation sites excluding steroid dienone is 4. The van der Waals surface area contributed by atoms with Crippen LogP contribution in [0.5, 0.6) is 0 Å². The van der Waals surface area contributed by atoms with Crippen LogP contribution in [0.1, 0.15) is 101 Å². The summed E-state index contributed by atoms with van der Waals surface area (Å²) in [7, 11) is 0. The largest absolute Gasteiger partial charge is 0.311 e. The van der Waals surface area contributed by atoms with Gasteiger partial charge in [-0.25, -0.2) is 0 Å². The Morgan fingerprint density at radius 2 is 0.847 bits per heavy atom. The fraction of sp³-hybridized carbons (Fsp3) is 0.263. The third kappa shape index (κ3) is 6.49. The summed E-state index contributed by atoms with van der Waals surface area (Å²) >= 11 is 0. The highest BCUT2D eigenvalue weighted by Crippen LogP contribution is 2.60. The minimum Gasteiger partial charge on any atom is -0.311 e. The number of nitrogens with zero attached hydrogens (tertiary/aromatic N) is 2. The van der Waals surface area contributed by atoms with Gasteiger partial charge in [-0.3, -0.25) is 0 Å². The van der Waals surface area contributed by atoms with Gasteiger partial charge in [0.2, 0.25) is 0 Å². The molecule has 0 aromatic heterocycles. The van der Waals surface area contributed by atoms with Gasteiger partial charge in [0.1, 0.15) is 0 Å². The van der Waals surface area contributed by atoms with Crippen molar-refractivity contribution in [3.05, 3.63) is 200 Å². The van der Waals surface area contributed by atoms with Crippen molar-refractivity contribution in [3.63, 3.8) is 0 Å². The zero-order valence-electron chi connectivity index (χ0n) is 37.6. The van der Waals surface area contributed by atoms with E-state index in [0.717, 1.165) is 22.6 Å². The first kappa shape index (κ1) is 39.9. The standard InChI is InChI=1S/C57H60N2/c1-15-43(58(44-20-16-34(2)38(6)28-44)45-21-17-35(3)39(7)29-45)32-52-42(10)49-26-27-51-50-25-24-48(33-53(50)57(13,14)55(51)54(49)56(52,11)12)59(46-22-18-36(4)40(8)30-46)47-23-19-37(5)41(9)31-47/h15-33H,10H2,1-9,11-14H3/b43-15+,52-32+. The molecule has 2 nitrogen and oxygen atoms in total. The quantitative estimate of drug-likeness (QED) is 0.159. The van der Waals surface area contributed by atoms with Crippen molar-refractivity contribution < 1.29 is 0 Å². The molecule has 6 aromatic carbocycles. The number of aryl methyl sites for hydroxylation is 8. The van der Waals surface area contributed by atoms with Crippen molar-refractivity contribution in [2.45, 2.75) is 101 Å². The molecule has 298 valence electrons. The molecule has 0 fully saturated rings. The molecule has 2 aliphatic rings.